The van der Waals surface area contributed by atoms with Gasteiger partial charge in [-0.1, -0.05) is 35.9 Å². The van der Waals surface area contributed by atoms with Gasteiger partial charge in [0.05, 0.1) is 6.04 Å². The lowest BCUT2D eigenvalue weighted by atomic mass is 9.95. The number of benzene rings is 2. The first kappa shape index (κ1) is 19.3. The van der Waals surface area contributed by atoms with Gasteiger partial charge in [-0.25, -0.2) is 4.39 Å². The second-order valence-corrected chi connectivity index (χ2v) is 7.68. The molecule has 0 aliphatic carbocycles. The maximum atomic E-state index is 14.9. The first-order chi connectivity index (χ1) is 15.0. The van der Waals surface area contributed by atoms with E-state index in [2.05, 4.69) is 15.2 Å². The Hall–Kier alpha value is -3.71. The van der Waals surface area contributed by atoms with Crippen LogP contribution in [0, 0.1) is 5.82 Å². The van der Waals surface area contributed by atoms with E-state index in [1.54, 1.807) is 53.7 Å². The van der Waals surface area contributed by atoms with Gasteiger partial charge in [-0.05, 0) is 35.9 Å². The van der Waals surface area contributed by atoms with Crippen LogP contribution in [-0.4, -0.2) is 31.1 Å². The number of phenolic OH excluding ortho intramolecular Hbond substituents is 1. The second-order valence-electron chi connectivity index (χ2n) is 7.24. The quantitative estimate of drug-likeness (QED) is 0.487. The summed E-state index contributed by atoms with van der Waals surface area (Å²) in [6.45, 7) is 0.231. The molecule has 1 amide bonds. The normalized spacial score (nSPS) is 15.4. The molecule has 1 unspecified atom stereocenters. The van der Waals surface area contributed by atoms with Crippen LogP contribution in [0.1, 0.15) is 33.2 Å². The van der Waals surface area contributed by atoms with Crippen LogP contribution in [0.2, 0.25) is 5.02 Å². The summed E-state index contributed by atoms with van der Waals surface area (Å²) in [5, 5.41) is 17.9. The lowest BCUT2D eigenvalue weighted by Gasteiger charge is -2.26. The molecule has 1 atom stereocenters. The zero-order valence-electron chi connectivity index (χ0n) is 16.1. The zero-order chi connectivity index (χ0) is 21.5. The van der Waals surface area contributed by atoms with Crippen molar-refractivity contribution in [1.29, 1.82) is 0 Å². The van der Waals surface area contributed by atoms with Crippen LogP contribution in [0.15, 0.2) is 67.0 Å². The molecule has 4 aromatic rings. The van der Waals surface area contributed by atoms with Gasteiger partial charge in [0.15, 0.2) is 0 Å². The Bertz CT molecular complexity index is 1290. The molecule has 1 aliphatic rings. The highest BCUT2D eigenvalue weighted by Crippen LogP contribution is 2.45. The molecule has 6 nitrogen and oxygen atoms in total. The third-order valence-corrected chi connectivity index (χ3v) is 5.59. The van der Waals surface area contributed by atoms with Gasteiger partial charge in [0.2, 0.25) is 0 Å². The number of aromatic hydroxyl groups is 1. The van der Waals surface area contributed by atoms with Gasteiger partial charge in [-0.15, -0.1) is 0 Å². The minimum Gasteiger partial charge on any atom is -0.507 e. The van der Waals surface area contributed by atoms with E-state index in [-0.39, 0.29) is 23.9 Å². The monoisotopic (exact) mass is 434 g/mol. The first-order valence-electron chi connectivity index (χ1n) is 9.56. The van der Waals surface area contributed by atoms with Crippen molar-refractivity contribution in [2.45, 2.75) is 12.6 Å². The number of aromatic amines is 1. The first-order valence-corrected chi connectivity index (χ1v) is 9.94. The average Bonchev–Trinajstić information content (AvgIpc) is 3.31. The molecule has 2 aromatic carbocycles. The van der Waals surface area contributed by atoms with Crippen LogP contribution in [0.25, 0.3) is 11.3 Å². The summed E-state index contributed by atoms with van der Waals surface area (Å²) in [6, 6.07) is 13.8. The van der Waals surface area contributed by atoms with Crippen LogP contribution >= 0.6 is 11.6 Å². The van der Waals surface area contributed by atoms with Crippen LogP contribution in [0.3, 0.4) is 0 Å². The SMILES string of the molecule is O=C1c2[nH]nc(-c3cc(Cl)ccc3O)c2C(c2ccccc2F)N1Cc1cccnc1. The molecule has 0 spiro atoms. The van der Waals surface area contributed by atoms with Gasteiger partial charge in [0.1, 0.15) is 23.0 Å². The lowest BCUT2D eigenvalue weighted by molar-refractivity contribution is 0.0728. The number of amides is 1. The van der Waals surface area contributed by atoms with Crippen molar-refractivity contribution < 1.29 is 14.3 Å². The van der Waals surface area contributed by atoms with Gasteiger partial charge in [-0.2, -0.15) is 5.10 Å². The standard InChI is InChI=1S/C23H16ClFN4O2/c24-14-7-8-18(30)16(10-14)20-19-21(28-27-20)23(31)29(12-13-4-3-9-26-11-13)22(19)15-5-1-2-6-17(15)25/h1-11,22,30H,12H2,(H,27,28). The van der Waals surface area contributed by atoms with Gasteiger partial charge in [0, 0.05) is 40.7 Å². The summed E-state index contributed by atoms with van der Waals surface area (Å²) < 4.78 is 14.9. The summed E-state index contributed by atoms with van der Waals surface area (Å²) in [7, 11) is 0. The summed E-state index contributed by atoms with van der Waals surface area (Å²) in [5.74, 6) is -0.789. The van der Waals surface area contributed by atoms with E-state index in [9.17, 15) is 14.3 Å². The third kappa shape index (κ3) is 3.23. The van der Waals surface area contributed by atoms with Crippen LogP contribution < -0.4 is 0 Å². The molecule has 0 radical (unpaired) electrons. The maximum Gasteiger partial charge on any atom is 0.273 e. The van der Waals surface area contributed by atoms with Crippen molar-refractivity contribution in [2.75, 3.05) is 0 Å². The molecule has 2 aromatic heterocycles. The summed E-state index contributed by atoms with van der Waals surface area (Å²) in [4.78, 5) is 19.0. The molecule has 5 rings (SSSR count). The van der Waals surface area contributed by atoms with E-state index < -0.39 is 11.9 Å². The van der Waals surface area contributed by atoms with Crippen LogP contribution in [0.4, 0.5) is 4.39 Å². The Morgan fingerprint density at radius 1 is 1.16 bits per heavy atom. The van der Waals surface area contributed by atoms with Gasteiger partial charge in [0.25, 0.3) is 5.91 Å². The van der Waals surface area contributed by atoms with Crippen molar-refractivity contribution in [3.05, 3.63) is 100 Å². The summed E-state index contributed by atoms with van der Waals surface area (Å²) in [6.07, 6.45) is 3.32. The Kier molecular flexibility index (Phi) is 4.67. The lowest BCUT2D eigenvalue weighted by Crippen LogP contribution is -2.29. The number of nitrogens with one attached hydrogen (secondary N) is 1. The van der Waals surface area contributed by atoms with Gasteiger partial charge in [-0.3, -0.25) is 14.9 Å². The third-order valence-electron chi connectivity index (χ3n) is 5.35. The highest BCUT2D eigenvalue weighted by atomic mass is 35.5. The van der Waals surface area contributed by atoms with Crippen molar-refractivity contribution in [1.82, 2.24) is 20.1 Å². The number of H-pyrrole nitrogens is 1. The molecule has 0 saturated heterocycles. The van der Waals surface area contributed by atoms with Gasteiger partial charge < -0.3 is 10.0 Å². The van der Waals surface area contributed by atoms with E-state index in [4.69, 9.17) is 11.6 Å². The molecule has 0 fully saturated rings. The summed E-state index contributed by atoms with van der Waals surface area (Å²) >= 11 is 6.13. The van der Waals surface area contributed by atoms with Crippen LogP contribution in [0.5, 0.6) is 5.75 Å². The number of phenols is 1. The highest BCUT2D eigenvalue weighted by Gasteiger charge is 2.43. The fourth-order valence-corrected chi connectivity index (χ4v) is 4.14. The fraction of sp³-hybridized carbons (Fsp3) is 0.0870. The topological polar surface area (TPSA) is 82.1 Å². The number of rotatable bonds is 4. The number of fused-ring (bicyclic) bond motifs is 1. The molecule has 154 valence electrons. The largest absolute Gasteiger partial charge is 0.507 e. The number of hydrogen-bond donors (Lipinski definition) is 2. The van der Waals surface area contributed by atoms with E-state index in [1.807, 2.05) is 6.07 Å². The van der Waals surface area contributed by atoms with E-state index >= 15 is 0 Å². The Labute approximate surface area is 181 Å². The molecule has 31 heavy (non-hydrogen) atoms. The molecular formula is C23H16ClFN4O2. The smallest absolute Gasteiger partial charge is 0.273 e. The summed E-state index contributed by atoms with van der Waals surface area (Å²) in [5.41, 5.74) is 2.61. The minimum absolute atomic E-state index is 0.0378. The molecule has 0 bridgehead atoms. The van der Waals surface area contributed by atoms with Crippen molar-refractivity contribution in [3.8, 4) is 17.0 Å². The number of pyridine rings is 1. The zero-order valence-corrected chi connectivity index (χ0v) is 16.8. The number of halogens is 2. The van der Waals surface area contributed by atoms with E-state index in [0.29, 0.717) is 27.4 Å². The number of hydrogen-bond acceptors (Lipinski definition) is 4. The van der Waals surface area contributed by atoms with E-state index in [0.717, 1.165) is 5.56 Å². The number of nitrogens with zero attached hydrogens (tertiary/aromatic N) is 3. The van der Waals surface area contributed by atoms with Crippen molar-refractivity contribution in [3.63, 3.8) is 0 Å². The molecule has 1 aliphatic heterocycles. The molecule has 0 saturated carbocycles. The van der Waals surface area contributed by atoms with Crippen molar-refractivity contribution >= 4 is 17.5 Å². The number of carbonyl (C=O) groups is 1. The molecule has 8 heteroatoms. The predicted octanol–water partition coefficient (Wildman–Crippen LogP) is 4.72. The number of aromatic nitrogens is 3. The molecular weight excluding hydrogens is 419 g/mol. The maximum absolute atomic E-state index is 14.9. The fourth-order valence-electron chi connectivity index (χ4n) is 3.97. The Morgan fingerprint density at radius 3 is 2.77 bits per heavy atom. The van der Waals surface area contributed by atoms with Crippen molar-refractivity contribution in [2.24, 2.45) is 0 Å². The minimum atomic E-state index is -0.740. The molecule has 3 heterocycles. The van der Waals surface area contributed by atoms with Gasteiger partial charge >= 0.3 is 0 Å². The second kappa shape index (κ2) is 7.52. The molecule has 2 N–H and O–H groups in total. The Balaban J connectivity index is 1.70. The van der Waals surface area contributed by atoms with E-state index in [1.165, 1.54) is 12.1 Å². The predicted molar refractivity (Wildman–Crippen MR) is 113 cm³/mol. The van der Waals surface area contributed by atoms with Crippen LogP contribution in [-0.2, 0) is 6.54 Å². The Morgan fingerprint density at radius 2 is 2.00 bits per heavy atom. The average molecular weight is 435 g/mol. The highest BCUT2D eigenvalue weighted by molar-refractivity contribution is 6.31. The number of carbonyl (C=O) groups excluding carboxylic acids is 1.